The fraction of sp³-hybridized carbons (Fsp3) is 0.381. The second-order valence-electron chi connectivity index (χ2n) is 7.15. The second-order valence-corrected chi connectivity index (χ2v) is 7.87. The molecule has 1 aliphatic heterocycles. The minimum atomic E-state index is 0.409. The molecule has 1 aliphatic rings. The quantitative estimate of drug-likeness (QED) is 0.706. The molecule has 3 heterocycles. The first-order valence-electron chi connectivity index (χ1n) is 9.52. The van der Waals surface area contributed by atoms with Crippen LogP contribution in [-0.2, 0) is 6.42 Å². The standard InChI is InChI=1S/C21H25N5S/c1-16(11-19-13-22-7-8-23-19)25-18-5-9-26(10-6-18)20-4-2-3-17(12-20)21-14-27-15-24-21/h2-4,7-8,12-16,18,25H,5-6,9-11H2,1H3/t16-/m1/s1. The van der Waals surface area contributed by atoms with Gasteiger partial charge in [0.25, 0.3) is 0 Å². The Balaban J connectivity index is 1.31. The molecule has 1 aromatic carbocycles. The molecule has 5 nitrogen and oxygen atoms in total. The third-order valence-electron chi connectivity index (χ3n) is 5.09. The van der Waals surface area contributed by atoms with E-state index in [2.05, 4.69) is 61.7 Å². The molecule has 6 heteroatoms. The van der Waals surface area contributed by atoms with E-state index < -0.39 is 0 Å². The molecule has 1 fully saturated rings. The number of nitrogens with zero attached hydrogens (tertiary/aromatic N) is 4. The lowest BCUT2D eigenvalue weighted by Gasteiger charge is -2.35. The van der Waals surface area contributed by atoms with E-state index in [0.29, 0.717) is 12.1 Å². The van der Waals surface area contributed by atoms with E-state index in [1.807, 2.05) is 11.7 Å². The lowest BCUT2D eigenvalue weighted by atomic mass is 10.0. The number of hydrogen-bond acceptors (Lipinski definition) is 6. The monoisotopic (exact) mass is 379 g/mol. The predicted molar refractivity (Wildman–Crippen MR) is 111 cm³/mol. The van der Waals surface area contributed by atoms with Crippen LogP contribution in [0.5, 0.6) is 0 Å². The van der Waals surface area contributed by atoms with E-state index in [9.17, 15) is 0 Å². The van der Waals surface area contributed by atoms with Crippen molar-refractivity contribution >= 4 is 17.0 Å². The van der Waals surface area contributed by atoms with Crippen LogP contribution < -0.4 is 10.2 Å². The zero-order chi connectivity index (χ0) is 18.5. The van der Waals surface area contributed by atoms with Crippen LogP contribution >= 0.6 is 11.3 Å². The maximum atomic E-state index is 4.43. The van der Waals surface area contributed by atoms with Crippen LogP contribution in [0.4, 0.5) is 5.69 Å². The van der Waals surface area contributed by atoms with E-state index in [1.54, 1.807) is 23.7 Å². The molecule has 3 aromatic rings. The highest BCUT2D eigenvalue weighted by atomic mass is 32.1. The van der Waals surface area contributed by atoms with Crippen molar-refractivity contribution in [3.05, 3.63) is 59.4 Å². The van der Waals surface area contributed by atoms with Crippen molar-refractivity contribution < 1.29 is 0 Å². The maximum absolute atomic E-state index is 4.43. The van der Waals surface area contributed by atoms with Crippen molar-refractivity contribution in [2.45, 2.75) is 38.3 Å². The van der Waals surface area contributed by atoms with E-state index >= 15 is 0 Å². The van der Waals surface area contributed by atoms with Crippen molar-refractivity contribution in [2.24, 2.45) is 0 Å². The van der Waals surface area contributed by atoms with Crippen molar-refractivity contribution in [3.8, 4) is 11.3 Å². The van der Waals surface area contributed by atoms with Gasteiger partial charge in [-0.3, -0.25) is 9.97 Å². The van der Waals surface area contributed by atoms with Gasteiger partial charge in [-0.2, -0.15) is 0 Å². The Bertz CT molecular complexity index is 829. The summed E-state index contributed by atoms with van der Waals surface area (Å²) in [5.74, 6) is 0. The lowest BCUT2D eigenvalue weighted by Crippen LogP contribution is -2.46. The Hall–Kier alpha value is -2.31. The van der Waals surface area contributed by atoms with Gasteiger partial charge < -0.3 is 10.2 Å². The summed E-state index contributed by atoms with van der Waals surface area (Å²) in [4.78, 5) is 15.5. The number of hydrogen-bond donors (Lipinski definition) is 1. The average molecular weight is 380 g/mol. The predicted octanol–water partition coefficient (Wildman–Crippen LogP) is 3.79. The first kappa shape index (κ1) is 18.1. The van der Waals surface area contributed by atoms with Crippen LogP contribution in [0.1, 0.15) is 25.5 Å². The number of piperidine rings is 1. The molecule has 27 heavy (non-hydrogen) atoms. The molecule has 0 aliphatic carbocycles. The zero-order valence-corrected chi connectivity index (χ0v) is 16.4. The number of aromatic nitrogens is 3. The van der Waals surface area contributed by atoms with E-state index in [-0.39, 0.29) is 0 Å². The van der Waals surface area contributed by atoms with Crippen LogP contribution in [0.3, 0.4) is 0 Å². The molecule has 4 rings (SSSR count). The van der Waals surface area contributed by atoms with Gasteiger partial charge in [0.15, 0.2) is 0 Å². The number of nitrogens with one attached hydrogen (secondary N) is 1. The van der Waals surface area contributed by atoms with Gasteiger partial charge in [0, 0.05) is 66.8 Å². The number of anilines is 1. The van der Waals surface area contributed by atoms with Gasteiger partial charge in [-0.25, -0.2) is 4.98 Å². The normalized spacial score (nSPS) is 16.4. The molecule has 0 unspecified atom stereocenters. The maximum Gasteiger partial charge on any atom is 0.0811 e. The Morgan fingerprint density at radius 1 is 1.22 bits per heavy atom. The van der Waals surface area contributed by atoms with E-state index in [4.69, 9.17) is 0 Å². The Morgan fingerprint density at radius 2 is 2.11 bits per heavy atom. The van der Waals surface area contributed by atoms with E-state index in [1.165, 1.54) is 11.3 Å². The highest BCUT2D eigenvalue weighted by Gasteiger charge is 2.21. The summed E-state index contributed by atoms with van der Waals surface area (Å²) in [5.41, 5.74) is 6.50. The first-order chi connectivity index (χ1) is 13.3. The Labute approximate surface area is 164 Å². The topological polar surface area (TPSA) is 53.9 Å². The number of rotatable bonds is 6. The minimum absolute atomic E-state index is 0.409. The smallest absolute Gasteiger partial charge is 0.0811 e. The number of thiazole rings is 1. The molecule has 0 saturated carbocycles. The van der Waals surface area contributed by atoms with Gasteiger partial charge in [0.1, 0.15) is 0 Å². The average Bonchev–Trinajstić information content (AvgIpc) is 3.24. The van der Waals surface area contributed by atoms with Crippen molar-refractivity contribution in [3.63, 3.8) is 0 Å². The molecule has 1 N–H and O–H groups in total. The molecule has 0 bridgehead atoms. The zero-order valence-electron chi connectivity index (χ0n) is 15.6. The van der Waals surface area contributed by atoms with Crippen LogP contribution in [-0.4, -0.2) is 40.1 Å². The highest BCUT2D eigenvalue weighted by molar-refractivity contribution is 7.07. The third-order valence-corrected chi connectivity index (χ3v) is 5.67. The van der Waals surface area contributed by atoms with Gasteiger partial charge in [-0.15, -0.1) is 11.3 Å². The Morgan fingerprint density at radius 3 is 2.85 bits per heavy atom. The lowest BCUT2D eigenvalue weighted by molar-refractivity contribution is 0.374. The summed E-state index contributed by atoms with van der Waals surface area (Å²) in [7, 11) is 0. The highest BCUT2D eigenvalue weighted by Crippen LogP contribution is 2.26. The summed E-state index contributed by atoms with van der Waals surface area (Å²) < 4.78 is 0. The summed E-state index contributed by atoms with van der Waals surface area (Å²) in [6.45, 7) is 4.39. The summed E-state index contributed by atoms with van der Waals surface area (Å²) in [5, 5.41) is 5.87. The molecule has 2 aromatic heterocycles. The SMILES string of the molecule is C[C@H](Cc1cnccn1)NC1CCN(c2cccc(-c3cscn3)c2)CC1. The fourth-order valence-electron chi connectivity index (χ4n) is 3.73. The molecule has 0 spiro atoms. The summed E-state index contributed by atoms with van der Waals surface area (Å²) >= 11 is 1.64. The first-order valence-corrected chi connectivity index (χ1v) is 10.5. The van der Waals surface area contributed by atoms with Crippen LogP contribution in [0.2, 0.25) is 0 Å². The van der Waals surface area contributed by atoms with E-state index in [0.717, 1.165) is 43.7 Å². The molecule has 1 saturated heterocycles. The molecule has 140 valence electrons. The van der Waals surface area contributed by atoms with Gasteiger partial charge >= 0.3 is 0 Å². The molecule has 0 radical (unpaired) electrons. The summed E-state index contributed by atoms with van der Waals surface area (Å²) in [6, 6.07) is 9.72. The van der Waals surface area contributed by atoms with Gasteiger partial charge in [0.2, 0.25) is 0 Å². The van der Waals surface area contributed by atoms with Crippen molar-refractivity contribution in [1.29, 1.82) is 0 Å². The third kappa shape index (κ3) is 4.70. The molecule has 1 atom stereocenters. The number of benzene rings is 1. The largest absolute Gasteiger partial charge is 0.371 e. The van der Waals surface area contributed by atoms with Crippen LogP contribution in [0.15, 0.2) is 53.7 Å². The van der Waals surface area contributed by atoms with Gasteiger partial charge in [0.05, 0.1) is 16.9 Å². The van der Waals surface area contributed by atoms with Crippen LogP contribution in [0, 0.1) is 0 Å². The van der Waals surface area contributed by atoms with Crippen molar-refractivity contribution in [1.82, 2.24) is 20.3 Å². The minimum Gasteiger partial charge on any atom is -0.371 e. The molecule has 0 amide bonds. The van der Waals surface area contributed by atoms with Crippen molar-refractivity contribution in [2.75, 3.05) is 18.0 Å². The van der Waals surface area contributed by atoms with Crippen LogP contribution in [0.25, 0.3) is 11.3 Å². The van der Waals surface area contributed by atoms with Gasteiger partial charge in [-0.05, 0) is 31.9 Å². The fourth-order valence-corrected chi connectivity index (χ4v) is 4.29. The molecular formula is C21H25N5S. The summed E-state index contributed by atoms with van der Waals surface area (Å²) in [6.07, 6.45) is 8.58. The van der Waals surface area contributed by atoms with Gasteiger partial charge in [-0.1, -0.05) is 12.1 Å². The second kappa shape index (κ2) is 8.59. The Kier molecular flexibility index (Phi) is 5.75. The molecular weight excluding hydrogens is 354 g/mol.